The molecule has 0 aliphatic carbocycles. The van der Waals surface area contributed by atoms with Crippen molar-refractivity contribution in [1.82, 2.24) is 30.4 Å². The monoisotopic (exact) mass is 554 g/mol. The summed E-state index contributed by atoms with van der Waals surface area (Å²) in [5, 5.41) is 16.3. The van der Waals surface area contributed by atoms with Gasteiger partial charge in [-0.1, -0.05) is 35.3 Å². The molecule has 36 heavy (non-hydrogen) atoms. The summed E-state index contributed by atoms with van der Waals surface area (Å²) in [7, 11) is 6.52. The molecule has 10 nitrogen and oxygen atoms in total. The van der Waals surface area contributed by atoms with E-state index in [1.807, 2.05) is 19.0 Å². The van der Waals surface area contributed by atoms with Gasteiger partial charge in [-0.05, 0) is 37.9 Å². The van der Waals surface area contributed by atoms with E-state index in [4.69, 9.17) is 32.7 Å². The normalized spacial score (nSPS) is 15.8. The Bertz CT molecular complexity index is 1200. The molecule has 3 rings (SSSR count). The van der Waals surface area contributed by atoms with Crippen LogP contribution >= 0.6 is 35.0 Å². The summed E-state index contributed by atoms with van der Waals surface area (Å²) in [5.41, 5.74) is 2.12. The third-order valence-electron chi connectivity index (χ3n) is 5.47. The van der Waals surface area contributed by atoms with Gasteiger partial charge in [-0.15, -0.1) is 22.0 Å². The SMILES string of the molecule is COC(=O)C1=C(C)NC(CSCc2nnn(CCN(C)C)n2)=C(C(=O)OC)C1c1cccc(Cl)c1Cl. The van der Waals surface area contributed by atoms with Crippen molar-refractivity contribution in [3.63, 3.8) is 0 Å². The van der Waals surface area contributed by atoms with Gasteiger partial charge in [-0.25, -0.2) is 9.59 Å². The van der Waals surface area contributed by atoms with Crippen molar-refractivity contribution in [1.29, 1.82) is 0 Å². The van der Waals surface area contributed by atoms with Crippen molar-refractivity contribution in [2.75, 3.05) is 40.6 Å². The largest absolute Gasteiger partial charge is 0.466 e. The van der Waals surface area contributed by atoms with Gasteiger partial charge >= 0.3 is 11.9 Å². The number of benzene rings is 1. The first-order valence-electron chi connectivity index (χ1n) is 11.0. The Kier molecular flexibility index (Phi) is 9.77. The number of dihydropyridines is 1. The highest BCUT2D eigenvalue weighted by atomic mass is 35.5. The van der Waals surface area contributed by atoms with Crippen LogP contribution in [0.1, 0.15) is 24.2 Å². The van der Waals surface area contributed by atoms with E-state index in [0.717, 1.165) is 6.54 Å². The number of allylic oxidation sites excluding steroid dienone is 1. The van der Waals surface area contributed by atoms with E-state index in [9.17, 15) is 9.59 Å². The van der Waals surface area contributed by atoms with Crippen molar-refractivity contribution < 1.29 is 19.1 Å². The number of tetrazole rings is 1. The van der Waals surface area contributed by atoms with Gasteiger partial charge in [0.05, 0.1) is 53.6 Å². The number of halogens is 2. The van der Waals surface area contributed by atoms with Crippen LogP contribution in [0.2, 0.25) is 10.0 Å². The van der Waals surface area contributed by atoms with E-state index in [-0.39, 0.29) is 16.2 Å². The summed E-state index contributed by atoms with van der Waals surface area (Å²) in [6.45, 7) is 3.17. The predicted octanol–water partition coefficient (Wildman–Crippen LogP) is 3.04. The fourth-order valence-corrected chi connectivity index (χ4v) is 5.01. The second kappa shape index (κ2) is 12.6. The second-order valence-corrected chi connectivity index (χ2v) is 9.98. The lowest BCUT2D eigenvalue weighted by molar-refractivity contribution is -0.137. The summed E-state index contributed by atoms with van der Waals surface area (Å²) < 4.78 is 10.1. The molecule has 1 atom stereocenters. The number of carbonyl (C=O) groups excluding carboxylic acids is 2. The van der Waals surface area contributed by atoms with Gasteiger partial charge in [-0.2, -0.15) is 4.80 Å². The number of nitrogens with one attached hydrogen (secondary N) is 1. The average Bonchev–Trinajstić information content (AvgIpc) is 3.31. The Morgan fingerprint density at radius 3 is 2.50 bits per heavy atom. The number of ether oxygens (including phenoxy) is 2. The van der Waals surface area contributed by atoms with Gasteiger partial charge in [0.25, 0.3) is 0 Å². The topological polar surface area (TPSA) is 111 Å². The predicted molar refractivity (Wildman–Crippen MR) is 139 cm³/mol. The first-order valence-corrected chi connectivity index (χ1v) is 12.9. The minimum absolute atomic E-state index is 0.243. The zero-order valence-corrected chi connectivity index (χ0v) is 23.0. The van der Waals surface area contributed by atoms with E-state index < -0.39 is 17.9 Å². The molecule has 0 fully saturated rings. The van der Waals surface area contributed by atoms with E-state index in [0.29, 0.717) is 45.9 Å². The molecule has 0 spiro atoms. The molecule has 0 saturated heterocycles. The molecule has 13 heteroatoms. The molecule has 1 unspecified atom stereocenters. The summed E-state index contributed by atoms with van der Waals surface area (Å²) in [4.78, 5) is 29.5. The Labute approximate surface area is 224 Å². The maximum atomic E-state index is 13.1. The van der Waals surface area contributed by atoms with Gasteiger partial charge < -0.3 is 19.7 Å². The molecule has 0 saturated carbocycles. The van der Waals surface area contributed by atoms with Crippen LogP contribution in [0.15, 0.2) is 40.7 Å². The molecule has 194 valence electrons. The molecule has 1 aliphatic heterocycles. The van der Waals surface area contributed by atoms with E-state index >= 15 is 0 Å². The number of esters is 2. The fraction of sp³-hybridized carbons (Fsp3) is 0.435. The average molecular weight is 555 g/mol. The minimum Gasteiger partial charge on any atom is -0.466 e. The van der Waals surface area contributed by atoms with Crippen LogP contribution in [0.25, 0.3) is 0 Å². The maximum absolute atomic E-state index is 13.1. The third-order valence-corrected chi connectivity index (χ3v) is 7.26. The van der Waals surface area contributed by atoms with Crippen molar-refractivity contribution in [2.45, 2.75) is 25.1 Å². The highest BCUT2D eigenvalue weighted by Crippen LogP contribution is 2.44. The zero-order valence-electron chi connectivity index (χ0n) is 20.7. The molecule has 1 aromatic carbocycles. The van der Waals surface area contributed by atoms with Gasteiger partial charge in [0.1, 0.15) is 0 Å². The standard InChI is InChI=1S/C23H28Cl2N6O4S/c1-13-18(22(32)34-4)19(14-7-6-8-15(24)21(14)25)20(23(33)35-5)16(26-13)11-36-12-17-27-29-31(28-17)10-9-30(2)3/h6-8,19,26H,9-12H2,1-5H3. The van der Waals surface area contributed by atoms with Crippen LogP contribution in [0.3, 0.4) is 0 Å². The second-order valence-electron chi connectivity index (χ2n) is 8.21. The van der Waals surface area contributed by atoms with Crippen molar-refractivity contribution in [3.05, 3.63) is 62.2 Å². The number of hydrogen-bond donors (Lipinski definition) is 1. The lowest BCUT2D eigenvalue weighted by Gasteiger charge is -2.31. The molecule has 0 radical (unpaired) electrons. The molecule has 1 N–H and O–H groups in total. The van der Waals surface area contributed by atoms with Gasteiger partial charge in [-0.3, -0.25) is 0 Å². The van der Waals surface area contributed by atoms with Gasteiger partial charge in [0, 0.05) is 23.7 Å². The van der Waals surface area contributed by atoms with Crippen LogP contribution in [0, 0.1) is 0 Å². The fourth-order valence-electron chi connectivity index (χ4n) is 3.76. The van der Waals surface area contributed by atoms with Gasteiger partial charge in [0.2, 0.25) is 0 Å². The molecular formula is C23H28Cl2N6O4S. The van der Waals surface area contributed by atoms with Crippen LogP contribution in [-0.4, -0.2) is 77.7 Å². The van der Waals surface area contributed by atoms with Crippen LogP contribution in [0.5, 0.6) is 0 Å². The Morgan fingerprint density at radius 2 is 1.83 bits per heavy atom. The summed E-state index contributed by atoms with van der Waals surface area (Å²) in [6.07, 6.45) is 0. The molecule has 0 amide bonds. The lowest BCUT2D eigenvalue weighted by Crippen LogP contribution is -2.33. The Balaban J connectivity index is 1.94. The van der Waals surface area contributed by atoms with E-state index in [1.165, 1.54) is 26.0 Å². The molecule has 1 aromatic heterocycles. The molecule has 1 aliphatic rings. The number of likely N-dealkylation sites (N-methyl/N-ethyl adjacent to an activating group) is 1. The summed E-state index contributed by atoms with van der Waals surface area (Å²) >= 11 is 14.3. The summed E-state index contributed by atoms with van der Waals surface area (Å²) in [5.74, 6) is -0.591. The molecule has 0 bridgehead atoms. The number of rotatable bonds is 10. The summed E-state index contributed by atoms with van der Waals surface area (Å²) in [6, 6.07) is 5.08. The van der Waals surface area contributed by atoms with E-state index in [1.54, 1.807) is 29.9 Å². The number of methoxy groups -OCH3 is 2. The van der Waals surface area contributed by atoms with Gasteiger partial charge in [0.15, 0.2) is 5.82 Å². The molecular weight excluding hydrogens is 527 g/mol. The van der Waals surface area contributed by atoms with Crippen LogP contribution in [0.4, 0.5) is 0 Å². The third kappa shape index (κ3) is 6.39. The number of hydrogen-bond acceptors (Lipinski definition) is 10. The van der Waals surface area contributed by atoms with Crippen molar-refractivity contribution in [3.8, 4) is 0 Å². The Morgan fingerprint density at radius 1 is 1.14 bits per heavy atom. The minimum atomic E-state index is -0.835. The van der Waals surface area contributed by atoms with Crippen molar-refractivity contribution in [2.24, 2.45) is 0 Å². The number of aromatic nitrogens is 4. The smallest absolute Gasteiger partial charge is 0.336 e. The van der Waals surface area contributed by atoms with Crippen molar-refractivity contribution >= 4 is 46.9 Å². The highest BCUT2D eigenvalue weighted by molar-refractivity contribution is 7.98. The molecule has 2 heterocycles. The zero-order chi connectivity index (χ0) is 26.4. The number of nitrogens with zero attached hydrogens (tertiary/aromatic N) is 5. The number of thioether (sulfide) groups is 1. The van der Waals surface area contributed by atoms with Crippen LogP contribution in [-0.2, 0) is 31.4 Å². The van der Waals surface area contributed by atoms with Crippen LogP contribution < -0.4 is 5.32 Å². The maximum Gasteiger partial charge on any atom is 0.336 e. The first kappa shape index (κ1) is 28.0. The number of carbonyl (C=O) groups is 2. The van der Waals surface area contributed by atoms with E-state index in [2.05, 4.69) is 20.7 Å². The molecule has 2 aromatic rings. The lowest BCUT2D eigenvalue weighted by atomic mass is 9.80. The first-order chi connectivity index (χ1) is 17.2. The Hall–Kier alpha value is -2.60. The quantitative estimate of drug-likeness (QED) is 0.439. The highest BCUT2D eigenvalue weighted by Gasteiger charge is 2.39.